The predicted octanol–water partition coefficient (Wildman–Crippen LogP) is 3.45. The summed E-state index contributed by atoms with van der Waals surface area (Å²) < 4.78 is 1.75. The van der Waals surface area contributed by atoms with Gasteiger partial charge < -0.3 is 5.32 Å². The maximum absolute atomic E-state index is 12.4. The number of aromatic nitrogens is 4. The van der Waals surface area contributed by atoms with Crippen LogP contribution in [0.15, 0.2) is 47.6 Å². The molecule has 26 heavy (non-hydrogen) atoms. The highest BCUT2D eigenvalue weighted by atomic mass is 32.2. The Bertz CT molecular complexity index is 887. The van der Waals surface area contributed by atoms with Gasteiger partial charge in [0.05, 0.1) is 11.8 Å². The first-order valence-corrected chi connectivity index (χ1v) is 9.69. The van der Waals surface area contributed by atoms with Crippen LogP contribution in [0.3, 0.4) is 0 Å². The molecule has 0 bridgehead atoms. The van der Waals surface area contributed by atoms with Gasteiger partial charge in [-0.05, 0) is 39.6 Å². The second-order valence-electron chi connectivity index (χ2n) is 6.68. The van der Waals surface area contributed by atoms with Crippen LogP contribution in [0.25, 0.3) is 10.8 Å². The molecule has 3 rings (SSSR count). The summed E-state index contributed by atoms with van der Waals surface area (Å²) in [5, 5.41) is 17.8. The number of rotatable bonds is 7. The molecule has 1 N–H and O–H groups in total. The zero-order valence-corrected chi connectivity index (χ0v) is 16.0. The number of hydrogen-bond acceptors (Lipinski definition) is 5. The van der Waals surface area contributed by atoms with Crippen molar-refractivity contribution in [1.29, 1.82) is 0 Å². The summed E-state index contributed by atoms with van der Waals surface area (Å²) in [6, 6.07) is 14.3. The molecule has 0 fully saturated rings. The monoisotopic (exact) mass is 369 g/mol. The highest BCUT2D eigenvalue weighted by Crippen LogP contribution is 2.24. The van der Waals surface area contributed by atoms with E-state index in [0.717, 1.165) is 17.5 Å². The van der Waals surface area contributed by atoms with Crippen molar-refractivity contribution in [1.82, 2.24) is 25.5 Å². The smallest absolute Gasteiger partial charge is 0.230 e. The average Bonchev–Trinajstić information content (AvgIpc) is 3.05. The molecule has 2 aromatic carbocycles. The Morgan fingerprint density at radius 1 is 1.15 bits per heavy atom. The lowest BCUT2D eigenvalue weighted by atomic mass is 10.00. The summed E-state index contributed by atoms with van der Waals surface area (Å²) in [5.74, 6) is 0.695. The molecule has 1 heterocycles. The van der Waals surface area contributed by atoms with Crippen LogP contribution in [0.4, 0.5) is 0 Å². The molecule has 3 aromatic rings. The summed E-state index contributed by atoms with van der Waals surface area (Å²) in [4.78, 5) is 12.4. The Morgan fingerprint density at radius 3 is 2.73 bits per heavy atom. The van der Waals surface area contributed by atoms with Crippen LogP contribution in [-0.2, 0) is 11.3 Å². The van der Waals surface area contributed by atoms with Gasteiger partial charge in [0.25, 0.3) is 0 Å². The molecule has 0 radical (unpaired) electrons. The molecule has 0 spiro atoms. The van der Waals surface area contributed by atoms with Gasteiger partial charge in [0.2, 0.25) is 11.1 Å². The van der Waals surface area contributed by atoms with E-state index < -0.39 is 0 Å². The number of carbonyl (C=O) groups is 1. The third-order valence-corrected chi connectivity index (χ3v) is 4.99. The minimum absolute atomic E-state index is 0.0328. The number of thioether (sulfide) groups is 1. The number of hydrogen-bond donors (Lipinski definition) is 1. The Kier molecular flexibility index (Phi) is 5.88. The molecule has 1 aromatic heterocycles. The van der Waals surface area contributed by atoms with E-state index in [-0.39, 0.29) is 17.7 Å². The molecule has 1 amide bonds. The molecule has 0 saturated carbocycles. The lowest BCUT2D eigenvalue weighted by Gasteiger charge is -2.16. The average molecular weight is 369 g/mol. The van der Waals surface area contributed by atoms with E-state index in [1.54, 1.807) is 4.68 Å². The number of fused-ring (bicyclic) bond motifs is 1. The summed E-state index contributed by atoms with van der Waals surface area (Å²) in [7, 11) is 0. The van der Waals surface area contributed by atoms with E-state index >= 15 is 0 Å². The normalized spacial score (nSPS) is 12.5. The highest BCUT2D eigenvalue weighted by molar-refractivity contribution is 7.99. The second-order valence-corrected chi connectivity index (χ2v) is 7.63. The van der Waals surface area contributed by atoms with Gasteiger partial charge in [0, 0.05) is 6.54 Å². The van der Waals surface area contributed by atoms with Crippen LogP contribution >= 0.6 is 11.8 Å². The summed E-state index contributed by atoms with van der Waals surface area (Å²) in [6.45, 7) is 6.96. The standard InChI is InChI=1S/C19H23N5OS/c1-13(2)11-24-19(21-22-23-24)26-12-18(25)20-14(3)16-10-6-8-15-7-4-5-9-17(15)16/h4-10,13-14H,11-12H2,1-3H3,(H,20,25). The van der Waals surface area contributed by atoms with Crippen molar-refractivity contribution < 1.29 is 4.79 Å². The fourth-order valence-electron chi connectivity index (χ4n) is 2.88. The van der Waals surface area contributed by atoms with E-state index in [4.69, 9.17) is 0 Å². The molecule has 1 atom stereocenters. The van der Waals surface area contributed by atoms with Gasteiger partial charge in [-0.3, -0.25) is 4.79 Å². The second kappa shape index (κ2) is 8.31. The van der Waals surface area contributed by atoms with Crippen molar-refractivity contribution in [2.45, 2.75) is 38.5 Å². The van der Waals surface area contributed by atoms with Crippen molar-refractivity contribution >= 4 is 28.4 Å². The maximum atomic E-state index is 12.4. The third kappa shape index (κ3) is 4.40. The van der Waals surface area contributed by atoms with Crippen LogP contribution in [-0.4, -0.2) is 31.9 Å². The predicted molar refractivity (Wildman–Crippen MR) is 104 cm³/mol. The third-order valence-electron chi connectivity index (χ3n) is 4.04. The fraction of sp³-hybridized carbons (Fsp3) is 0.368. The molecule has 136 valence electrons. The van der Waals surface area contributed by atoms with Crippen LogP contribution in [0.1, 0.15) is 32.4 Å². The zero-order chi connectivity index (χ0) is 18.5. The molecule has 0 aliphatic carbocycles. The van der Waals surface area contributed by atoms with Gasteiger partial charge in [-0.25, -0.2) is 4.68 Å². The van der Waals surface area contributed by atoms with Gasteiger partial charge >= 0.3 is 0 Å². The van der Waals surface area contributed by atoms with Crippen LogP contribution in [0, 0.1) is 5.92 Å². The van der Waals surface area contributed by atoms with Crippen molar-refractivity contribution in [2.75, 3.05) is 5.75 Å². The molecule has 0 saturated heterocycles. The van der Waals surface area contributed by atoms with Crippen molar-refractivity contribution in [3.63, 3.8) is 0 Å². The van der Waals surface area contributed by atoms with Crippen LogP contribution in [0.2, 0.25) is 0 Å². The summed E-state index contributed by atoms with van der Waals surface area (Å²) in [5.41, 5.74) is 1.12. The lowest BCUT2D eigenvalue weighted by Crippen LogP contribution is -2.28. The number of amides is 1. The van der Waals surface area contributed by atoms with Gasteiger partial charge in [-0.1, -0.05) is 68.1 Å². The lowest BCUT2D eigenvalue weighted by molar-refractivity contribution is -0.119. The quantitative estimate of drug-likeness (QED) is 0.646. The van der Waals surface area contributed by atoms with Gasteiger partial charge in [-0.2, -0.15) is 0 Å². The molecule has 0 aliphatic heterocycles. The molecule has 0 aliphatic rings. The van der Waals surface area contributed by atoms with Crippen LogP contribution < -0.4 is 5.32 Å². The Morgan fingerprint density at radius 2 is 1.92 bits per heavy atom. The zero-order valence-electron chi connectivity index (χ0n) is 15.2. The minimum atomic E-state index is -0.0686. The van der Waals surface area contributed by atoms with Crippen LogP contribution in [0.5, 0.6) is 0 Å². The fourth-order valence-corrected chi connectivity index (χ4v) is 3.58. The number of carbonyl (C=O) groups excluding carboxylic acids is 1. The molecule has 1 unspecified atom stereocenters. The highest BCUT2D eigenvalue weighted by Gasteiger charge is 2.15. The minimum Gasteiger partial charge on any atom is -0.349 e. The topological polar surface area (TPSA) is 72.7 Å². The molecular formula is C19H23N5OS. The Hall–Kier alpha value is -2.41. The van der Waals surface area contributed by atoms with Crippen molar-refractivity contribution in [3.8, 4) is 0 Å². The SMILES string of the molecule is CC(C)Cn1nnnc1SCC(=O)NC(C)c1cccc2ccccc12. The summed E-state index contributed by atoms with van der Waals surface area (Å²) >= 11 is 1.36. The number of nitrogens with zero attached hydrogens (tertiary/aromatic N) is 4. The van der Waals surface area contributed by atoms with Gasteiger partial charge in [-0.15, -0.1) is 5.10 Å². The molecule has 6 nitrogen and oxygen atoms in total. The first-order valence-electron chi connectivity index (χ1n) is 8.70. The Labute approximate surface area is 157 Å². The first-order chi connectivity index (χ1) is 12.5. The Balaban J connectivity index is 1.62. The summed E-state index contributed by atoms with van der Waals surface area (Å²) in [6.07, 6.45) is 0. The van der Waals surface area contributed by atoms with Crippen molar-refractivity contribution in [2.24, 2.45) is 5.92 Å². The van der Waals surface area contributed by atoms with E-state index in [1.807, 2.05) is 25.1 Å². The van der Waals surface area contributed by atoms with Crippen molar-refractivity contribution in [3.05, 3.63) is 48.0 Å². The maximum Gasteiger partial charge on any atom is 0.230 e. The first kappa shape index (κ1) is 18.4. The number of nitrogens with one attached hydrogen (secondary N) is 1. The van der Waals surface area contributed by atoms with Gasteiger partial charge in [0.1, 0.15) is 0 Å². The number of benzene rings is 2. The van der Waals surface area contributed by atoms with E-state index in [1.165, 1.54) is 17.1 Å². The molecule has 7 heteroatoms. The largest absolute Gasteiger partial charge is 0.349 e. The van der Waals surface area contributed by atoms with E-state index in [0.29, 0.717) is 11.1 Å². The van der Waals surface area contributed by atoms with E-state index in [9.17, 15) is 4.79 Å². The van der Waals surface area contributed by atoms with Gasteiger partial charge in [0.15, 0.2) is 0 Å². The molecular weight excluding hydrogens is 346 g/mol. The number of tetrazole rings is 1. The van der Waals surface area contributed by atoms with E-state index in [2.05, 4.69) is 59.0 Å².